The van der Waals surface area contributed by atoms with Crippen LogP contribution in [0.1, 0.15) is 9.68 Å². The minimum absolute atomic E-state index is 0.0794. The van der Waals surface area contributed by atoms with Crippen LogP contribution in [0, 0.1) is 10.1 Å². The maximum atomic E-state index is 10.7. The molecule has 0 aliphatic rings. The monoisotopic (exact) mass is 224 g/mol. The summed E-state index contributed by atoms with van der Waals surface area (Å²) >= 11 is 0. The van der Waals surface area contributed by atoms with Crippen molar-refractivity contribution >= 4 is 20.3 Å². The number of nitro groups is 1. The first kappa shape index (κ1) is 11.6. The summed E-state index contributed by atoms with van der Waals surface area (Å²) in [5.74, 6) is 0. The summed E-state index contributed by atoms with van der Waals surface area (Å²) in [7, 11) is -1.68. The molecule has 0 fully saturated rings. The number of hydrogen-bond acceptors (Lipinski definition) is 2. The molecule has 0 aliphatic heterocycles. The van der Waals surface area contributed by atoms with Crippen molar-refractivity contribution in [1.82, 2.24) is 0 Å². The van der Waals surface area contributed by atoms with Gasteiger partial charge in [-0.25, -0.2) is 0 Å². The van der Waals surface area contributed by atoms with E-state index in [4.69, 9.17) is 4.11 Å². The topological polar surface area (TPSA) is 54.4 Å². The van der Waals surface area contributed by atoms with E-state index >= 15 is 0 Å². The van der Waals surface area contributed by atoms with Gasteiger partial charge in [0.2, 0.25) is 0 Å². The van der Waals surface area contributed by atoms with Gasteiger partial charge >= 0.3 is 8.32 Å². The first-order chi connectivity index (χ1) is 6.90. The van der Waals surface area contributed by atoms with E-state index in [0.29, 0.717) is 5.56 Å². The number of aldehydes is 1. The first-order valence-corrected chi connectivity index (χ1v) is 8.05. The molecule has 1 aromatic rings. The highest BCUT2D eigenvalue weighted by molar-refractivity contribution is 6.67. The molecule has 1 rings (SSSR count). The molecule has 0 amide bonds. The van der Waals surface area contributed by atoms with Crippen LogP contribution in [0.15, 0.2) is 24.3 Å². The van der Waals surface area contributed by atoms with Crippen LogP contribution in [0.3, 0.4) is 0 Å². The molecular formula is C10H14NO3Si+. The number of carbonyl (C=O) groups excluding carboxylic acids is 1. The van der Waals surface area contributed by atoms with E-state index in [1.54, 1.807) is 18.2 Å². The number of nitro benzene ring substituents is 1. The SMILES string of the molecule is C[Si](C)(C)[O+]=Cc1ccccc1[N+](=O)[O-]. The number of nitrogens with zero attached hydrogens (tertiary/aromatic N) is 1. The van der Waals surface area contributed by atoms with Gasteiger partial charge < -0.3 is 4.11 Å². The van der Waals surface area contributed by atoms with Crippen LogP contribution >= 0.6 is 0 Å². The summed E-state index contributed by atoms with van der Waals surface area (Å²) in [5, 5.41) is 10.7. The molecule has 0 atom stereocenters. The summed E-state index contributed by atoms with van der Waals surface area (Å²) in [6, 6.07) is 6.55. The molecule has 4 nitrogen and oxygen atoms in total. The van der Waals surface area contributed by atoms with Gasteiger partial charge in [-0.3, -0.25) is 10.1 Å². The minimum Gasteiger partial charge on any atom is -0.377 e. The molecule has 1 aromatic carbocycles. The quantitative estimate of drug-likeness (QED) is 0.260. The second-order valence-electron chi connectivity index (χ2n) is 4.16. The van der Waals surface area contributed by atoms with E-state index in [1.807, 2.05) is 19.6 Å². The van der Waals surface area contributed by atoms with E-state index in [1.165, 1.54) is 12.4 Å². The van der Waals surface area contributed by atoms with Crippen molar-refractivity contribution in [3.8, 4) is 0 Å². The van der Waals surface area contributed by atoms with Crippen molar-refractivity contribution in [2.24, 2.45) is 0 Å². The molecule has 0 heterocycles. The Hall–Kier alpha value is -1.49. The third-order valence-corrected chi connectivity index (χ3v) is 2.50. The van der Waals surface area contributed by atoms with Crippen LogP contribution in [0.5, 0.6) is 0 Å². The third-order valence-electron chi connectivity index (χ3n) is 1.67. The highest BCUT2D eigenvalue weighted by Crippen LogP contribution is 2.15. The fraction of sp³-hybridized carbons (Fsp3) is 0.300. The number of rotatable bonds is 3. The molecule has 15 heavy (non-hydrogen) atoms. The Morgan fingerprint density at radius 3 is 2.47 bits per heavy atom. The van der Waals surface area contributed by atoms with Gasteiger partial charge in [0.25, 0.3) is 12.0 Å². The molecule has 0 saturated carbocycles. The van der Waals surface area contributed by atoms with Crippen molar-refractivity contribution in [2.75, 3.05) is 0 Å². The lowest BCUT2D eigenvalue weighted by atomic mass is 10.2. The smallest absolute Gasteiger partial charge is 0.377 e. The highest BCUT2D eigenvalue weighted by atomic mass is 28.4. The van der Waals surface area contributed by atoms with Crippen LogP contribution in [0.4, 0.5) is 5.69 Å². The molecule has 0 bridgehead atoms. The summed E-state index contributed by atoms with van der Waals surface area (Å²) in [4.78, 5) is 10.3. The second-order valence-corrected chi connectivity index (χ2v) is 8.62. The molecule has 0 radical (unpaired) electrons. The van der Waals surface area contributed by atoms with Gasteiger partial charge in [-0.05, 0) is 6.07 Å². The summed E-state index contributed by atoms with van der Waals surface area (Å²) in [5.41, 5.74) is 0.598. The van der Waals surface area contributed by atoms with Crippen molar-refractivity contribution < 1.29 is 9.04 Å². The Bertz CT molecular complexity index is 396. The average Bonchev–Trinajstić information content (AvgIpc) is 2.14. The Balaban J connectivity index is 3.05. The van der Waals surface area contributed by atoms with Gasteiger partial charge in [0.05, 0.1) is 4.92 Å². The molecule has 0 N–H and O–H groups in total. The van der Waals surface area contributed by atoms with Gasteiger partial charge in [-0.2, -0.15) is 0 Å². The normalized spacial score (nSPS) is 11.9. The summed E-state index contributed by atoms with van der Waals surface area (Å²) in [6.45, 7) is 6.08. The van der Waals surface area contributed by atoms with E-state index in [-0.39, 0.29) is 5.69 Å². The molecule has 0 unspecified atom stereocenters. The zero-order chi connectivity index (χ0) is 11.5. The van der Waals surface area contributed by atoms with E-state index in [9.17, 15) is 10.1 Å². The fourth-order valence-electron chi connectivity index (χ4n) is 0.994. The molecule has 0 aromatic heterocycles. The van der Waals surface area contributed by atoms with Crippen molar-refractivity contribution in [3.05, 3.63) is 39.9 Å². The second kappa shape index (κ2) is 4.35. The number of hydrogen-bond donors (Lipinski definition) is 0. The van der Waals surface area contributed by atoms with Crippen LogP contribution in [0.2, 0.25) is 19.6 Å². The lowest BCUT2D eigenvalue weighted by Crippen LogP contribution is -2.17. The van der Waals surface area contributed by atoms with Crippen LogP contribution in [0.25, 0.3) is 0 Å². The maximum absolute atomic E-state index is 10.7. The molecule has 0 spiro atoms. The van der Waals surface area contributed by atoms with Crippen molar-refractivity contribution in [2.45, 2.75) is 19.6 Å². The Morgan fingerprint density at radius 2 is 1.93 bits per heavy atom. The zero-order valence-electron chi connectivity index (χ0n) is 9.06. The predicted octanol–water partition coefficient (Wildman–Crippen LogP) is 2.78. The van der Waals surface area contributed by atoms with Crippen LogP contribution < -0.4 is 0 Å². The molecule has 5 heteroatoms. The lowest BCUT2D eigenvalue weighted by molar-refractivity contribution is -0.385. The number of benzene rings is 1. The van der Waals surface area contributed by atoms with Crippen LogP contribution in [-0.4, -0.2) is 19.5 Å². The molecule has 0 aliphatic carbocycles. The standard InChI is InChI=1S/C10H14NO3Si/c1-15(2,3)14-8-9-6-4-5-7-10(9)11(12)13/h4-8H,1-3H3/q+1. The fourth-order valence-corrected chi connectivity index (χ4v) is 1.47. The Kier molecular flexibility index (Phi) is 3.36. The number of para-hydroxylation sites is 1. The zero-order valence-corrected chi connectivity index (χ0v) is 10.1. The van der Waals surface area contributed by atoms with Crippen LogP contribution in [-0.2, 0) is 0 Å². The summed E-state index contributed by atoms with van der Waals surface area (Å²) in [6.07, 6.45) is 1.49. The van der Waals surface area contributed by atoms with Gasteiger partial charge in [0.1, 0.15) is 5.56 Å². The van der Waals surface area contributed by atoms with E-state index in [0.717, 1.165) is 0 Å². The Morgan fingerprint density at radius 1 is 1.33 bits per heavy atom. The van der Waals surface area contributed by atoms with E-state index < -0.39 is 13.2 Å². The minimum atomic E-state index is -1.68. The first-order valence-electron chi connectivity index (χ1n) is 4.64. The van der Waals surface area contributed by atoms with Gasteiger partial charge in [0.15, 0.2) is 0 Å². The molecule has 80 valence electrons. The largest absolute Gasteiger partial charge is 0.508 e. The average molecular weight is 224 g/mol. The van der Waals surface area contributed by atoms with Gasteiger partial charge in [0, 0.05) is 25.7 Å². The lowest BCUT2D eigenvalue weighted by Gasteiger charge is -1.95. The van der Waals surface area contributed by atoms with Gasteiger partial charge in [-0.15, -0.1) is 0 Å². The molecular weight excluding hydrogens is 210 g/mol. The highest BCUT2D eigenvalue weighted by Gasteiger charge is 2.29. The Labute approximate surface area is 89.5 Å². The van der Waals surface area contributed by atoms with Gasteiger partial charge in [-0.1, -0.05) is 12.1 Å². The summed E-state index contributed by atoms with van der Waals surface area (Å²) < 4.78 is 5.52. The van der Waals surface area contributed by atoms with Crippen molar-refractivity contribution in [3.63, 3.8) is 0 Å². The van der Waals surface area contributed by atoms with E-state index in [2.05, 4.69) is 0 Å². The third kappa shape index (κ3) is 3.63. The maximum Gasteiger partial charge on any atom is 0.508 e. The van der Waals surface area contributed by atoms with Crippen molar-refractivity contribution in [1.29, 1.82) is 0 Å². The molecule has 0 saturated heterocycles. The predicted molar refractivity (Wildman–Crippen MR) is 61.8 cm³/mol.